The van der Waals surface area contributed by atoms with E-state index in [1.165, 1.54) is 28.6 Å². The Balaban J connectivity index is 1.27. The number of ether oxygens (including phenoxy) is 1. The molecule has 0 spiro atoms. The molecule has 1 amide bonds. The number of amides is 1. The summed E-state index contributed by atoms with van der Waals surface area (Å²) in [6.07, 6.45) is 1.71. The molecule has 2 heterocycles. The van der Waals surface area contributed by atoms with Gasteiger partial charge in [0.2, 0.25) is 10.0 Å². The average Bonchev–Trinajstić information content (AvgIpc) is 3.48. The molecule has 1 aliphatic rings. The Morgan fingerprint density at radius 2 is 1.68 bits per heavy atom. The van der Waals surface area contributed by atoms with E-state index in [-0.39, 0.29) is 4.90 Å². The number of hydrogen-bond acceptors (Lipinski definition) is 6. The van der Waals surface area contributed by atoms with Crippen LogP contribution < -0.4 is 5.32 Å². The molecule has 0 bridgehead atoms. The fourth-order valence-electron chi connectivity index (χ4n) is 4.33. The first-order valence-corrected chi connectivity index (χ1v) is 14.3. The summed E-state index contributed by atoms with van der Waals surface area (Å²) in [6.45, 7) is 0.530. The number of carbonyl (C=O) groups is 2. The Bertz CT molecular complexity index is 1620. The molecule has 38 heavy (non-hydrogen) atoms. The van der Waals surface area contributed by atoms with Crippen LogP contribution in [-0.4, -0.2) is 49.3 Å². The first-order chi connectivity index (χ1) is 18.3. The van der Waals surface area contributed by atoms with Crippen LogP contribution in [0.4, 0.5) is 5.69 Å². The van der Waals surface area contributed by atoms with Crippen LogP contribution in [0.3, 0.4) is 0 Å². The van der Waals surface area contributed by atoms with E-state index in [0.29, 0.717) is 40.9 Å². The maximum Gasteiger partial charge on any atom is 0.339 e. The van der Waals surface area contributed by atoms with E-state index < -0.39 is 28.5 Å². The second-order valence-corrected chi connectivity index (χ2v) is 11.7. The van der Waals surface area contributed by atoms with Gasteiger partial charge in [0.1, 0.15) is 0 Å². The van der Waals surface area contributed by atoms with Crippen LogP contribution in [0.15, 0.2) is 88.2 Å². The maximum absolute atomic E-state index is 13.0. The molecule has 4 aromatic rings. The lowest BCUT2D eigenvalue weighted by atomic mass is 10.0. The minimum atomic E-state index is -3.54. The standard InChI is InChI=1S/C28H24BrN3O5S/c29-20-7-5-6-19(16-20)26-17-24(23-8-1-2-9-25(23)31-26)28(34)37-18-27(33)30-21-10-12-22(13-11-21)38(35,36)32-14-3-4-15-32/h1-2,5-13,16-17H,3-4,14-15,18H2,(H,30,33). The van der Waals surface area contributed by atoms with Crippen LogP contribution in [0.1, 0.15) is 23.2 Å². The van der Waals surface area contributed by atoms with Crippen molar-refractivity contribution < 1.29 is 22.7 Å². The Kier molecular flexibility index (Phi) is 7.55. The lowest BCUT2D eigenvalue weighted by Crippen LogP contribution is -2.27. The summed E-state index contributed by atoms with van der Waals surface area (Å²) in [5, 5.41) is 3.25. The highest BCUT2D eigenvalue weighted by Crippen LogP contribution is 2.27. The summed E-state index contributed by atoms with van der Waals surface area (Å²) in [5.41, 5.74) is 2.76. The van der Waals surface area contributed by atoms with Crippen molar-refractivity contribution in [1.82, 2.24) is 9.29 Å². The smallest absolute Gasteiger partial charge is 0.339 e. The predicted octanol–water partition coefficient (Wildman–Crippen LogP) is 5.24. The van der Waals surface area contributed by atoms with E-state index in [1.807, 2.05) is 36.4 Å². The average molecular weight is 594 g/mol. The van der Waals surface area contributed by atoms with Gasteiger partial charge in [-0.25, -0.2) is 18.2 Å². The van der Waals surface area contributed by atoms with Crippen LogP contribution >= 0.6 is 15.9 Å². The molecule has 0 radical (unpaired) electrons. The SMILES string of the molecule is O=C(COC(=O)c1cc(-c2cccc(Br)c2)nc2ccccc12)Nc1ccc(S(=O)(=O)N2CCCC2)cc1. The number of halogens is 1. The van der Waals surface area contributed by atoms with Crippen LogP contribution in [0.5, 0.6) is 0 Å². The van der Waals surface area contributed by atoms with Crippen LogP contribution in [-0.2, 0) is 19.6 Å². The van der Waals surface area contributed by atoms with Crippen molar-refractivity contribution in [2.45, 2.75) is 17.7 Å². The van der Waals surface area contributed by atoms with Crippen LogP contribution in [0, 0.1) is 0 Å². The van der Waals surface area contributed by atoms with Crippen molar-refractivity contribution in [2.24, 2.45) is 0 Å². The van der Waals surface area contributed by atoms with Gasteiger partial charge in [-0.3, -0.25) is 4.79 Å². The molecule has 194 valence electrons. The first-order valence-electron chi connectivity index (χ1n) is 12.0. The van der Waals surface area contributed by atoms with Gasteiger partial charge in [-0.1, -0.05) is 46.3 Å². The van der Waals surface area contributed by atoms with Crippen LogP contribution in [0.25, 0.3) is 22.2 Å². The molecule has 5 rings (SSSR count). The first kappa shape index (κ1) is 26.0. The third-order valence-electron chi connectivity index (χ3n) is 6.23. The Morgan fingerprint density at radius 3 is 2.42 bits per heavy atom. The zero-order valence-electron chi connectivity index (χ0n) is 20.3. The molecular weight excluding hydrogens is 570 g/mol. The molecular formula is C28H24BrN3O5S. The Hall–Kier alpha value is -3.60. The predicted molar refractivity (Wildman–Crippen MR) is 148 cm³/mol. The fourth-order valence-corrected chi connectivity index (χ4v) is 6.25. The van der Waals surface area contributed by atoms with Gasteiger partial charge in [0.25, 0.3) is 5.91 Å². The van der Waals surface area contributed by atoms with Crippen molar-refractivity contribution >= 4 is 54.4 Å². The highest BCUT2D eigenvalue weighted by molar-refractivity contribution is 9.10. The van der Waals surface area contributed by atoms with E-state index in [1.54, 1.807) is 18.2 Å². The molecule has 1 saturated heterocycles. The molecule has 1 fully saturated rings. The van der Waals surface area contributed by atoms with Gasteiger partial charge in [-0.15, -0.1) is 0 Å². The summed E-state index contributed by atoms with van der Waals surface area (Å²) >= 11 is 3.46. The molecule has 1 aliphatic heterocycles. The van der Waals surface area contributed by atoms with Gasteiger partial charge in [-0.05, 0) is 61.4 Å². The number of aromatic nitrogens is 1. The molecule has 1 aromatic heterocycles. The molecule has 0 aliphatic carbocycles. The number of benzene rings is 3. The number of nitrogens with one attached hydrogen (secondary N) is 1. The van der Waals surface area contributed by atoms with Crippen molar-refractivity contribution in [1.29, 1.82) is 0 Å². The lowest BCUT2D eigenvalue weighted by molar-refractivity contribution is -0.119. The molecule has 1 N–H and O–H groups in total. The number of nitrogens with zero attached hydrogens (tertiary/aromatic N) is 2. The highest BCUT2D eigenvalue weighted by atomic mass is 79.9. The summed E-state index contributed by atoms with van der Waals surface area (Å²) in [6, 6.07) is 22.4. The lowest BCUT2D eigenvalue weighted by Gasteiger charge is -2.15. The molecule has 3 aromatic carbocycles. The summed E-state index contributed by atoms with van der Waals surface area (Å²) in [7, 11) is -3.54. The largest absolute Gasteiger partial charge is 0.452 e. The van der Waals surface area contributed by atoms with Gasteiger partial charge < -0.3 is 10.1 Å². The Morgan fingerprint density at radius 1 is 0.947 bits per heavy atom. The number of para-hydroxylation sites is 1. The second-order valence-electron chi connectivity index (χ2n) is 8.84. The zero-order chi connectivity index (χ0) is 26.7. The van der Waals surface area contributed by atoms with E-state index >= 15 is 0 Å². The molecule has 10 heteroatoms. The normalized spacial score (nSPS) is 13.9. The topological polar surface area (TPSA) is 106 Å². The van der Waals surface area contributed by atoms with Gasteiger partial charge in [0.15, 0.2) is 6.61 Å². The third kappa shape index (κ3) is 5.62. The molecule has 8 nitrogen and oxygen atoms in total. The number of pyridine rings is 1. The van der Waals surface area contributed by atoms with E-state index in [4.69, 9.17) is 4.74 Å². The van der Waals surface area contributed by atoms with Crippen molar-refractivity contribution in [3.63, 3.8) is 0 Å². The number of carbonyl (C=O) groups excluding carboxylic acids is 2. The highest BCUT2D eigenvalue weighted by Gasteiger charge is 2.27. The molecule has 0 atom stereocenters. The number of fused-ring (bicyclic) bond motifs is 1. The number of anilines is 1. The minimum absolute atomic E-state index is 0.176. The monoisotopic (exact) mass is 593 g/mol. The fraction of sp³-hybridized carbons (Fsp3) is 0.179. The molecule has 0 saturated carbocycles. The Labute approximate surface area is 228 Å². The molecule has 0 unspecified atom stereocenters. The number of esters is 1. The van der Waals surface area contributed by atoms with E-state index in [2.05, 4.69) is 26.2 Å². The van der Waals surface area contributed by atoms with Gasteiger partial charge in [-0.2, -0.15) is 4.31 Å². The maximum atomic E-state index is 13.0. The van der Waals surface area contributed by atoms with Gasteiger partial charge in [0.05, 0.1) is 21.7 Å². The van der Waals surface area contributed by atoms with Crippen LogP contribution in [0.2, 0.25) is 0 Å². The summed E-state index contributed by atoms with van der Waals surface area (Å²) in [4.78, 5) is 30.4. The van der Waals surface area contributed by atoms with Crippen molar-refractivity contribution in [3.05, 3.63) is 88.9 Å². The van der Waals surface area contributed by atoms with E-state index in [0.717, 1.165) is 22.9 Å². The van der Waals surface area contributed by atoms with Crippen molar-refractivity contribution in [3.8, 4) is 11.3 Å². The van der Waals surface area contributed by atoms with E-state index in [9.17, 15) is 18.0 Å². The number of sulfonamides is 1. The zero-order valence-corrected chi connectivity index (χ0v) is 22.7. The van der Waals surface area contributed by atoms with Crippen molar-refractivity contribution in [2.75, 3.05) is 25.0 Å². The summed E-state index contributed by atoms with van der Waals surface area (Å²) < 4.78 is 33.0. The third-order valence-corrected chi connectivity index (χ3v) is 8.64. The quantitative estimate of drug-likeness (QED) is 0.294. The second kappa shape index (κ2) is 11.0. The summed E-state index contributed by atoms with van der Waals surface area (Å²) in [5.74, 6) is -1.19. The van der Waals surface area contributed by atoms with Gasteiger partial charge >= 0.3 is 5.97 Å². The van der Waals surface area contributed by atoms with Gasteiger partial charge in [0, 0.05) is 34.2 Å². The number of hydrogen-bond donors (Lipinski definition) is 1. The number of rotatable bonds is 7. The minimum Gasteiger partial charge on any atom is -0.452 e.